The molecule has 0 radical (unpaired) electrons. The van der Waals surface area contributed by atoms with Gasteiger partial charge in [-0.25, -0.2) is 0 Å². The van der Waals surface area contributed by atoms with Gasteiger partial charge in [-0.1, -0.05) is 0 Å². The number of alkyl halides is 2. The third kappa shape index (κ3) is 7.23. The van der Waals surface area contributed by atoms with Crippen molar-refractivity contribution in [3.63, 3.8) is 0 Å². The largest absolute Gasteiger partial charge is 0.497 e. The Morgan fingerprint density at radius 3 is 2.61 bits per heavy atom. The number of hydrogen-bond acceptors (Lipinski definition) is 5. The fraction of sp³-hybridized carbons (Fsp3) is 0.476. The van der Waals surface area contributed by atoms with Crippen LogP contribution < -0.4 is 20.1 Å². The maximum absolute atomic E-state index is 12.8. The van der Waals surface area contributed by atoms with Gasteiger partial charge in [0.05, 0.1) is 19.4 Å². The predicted molar refractivity (Wildman–Crippen MR) is 125 cm³/mol. The summed E-state index contributed by atoms with van der Waals surface area (Å²) < 4.78 is 40.9. The maximum atomic E-state index is 12.8. The molecular formula is C21H29F2IN4O3. The van der Waals surface area contributed by atoms with Gasteiger partial charge >= 0.3 is 6.61 Å². The average Bonchev–Trinajstić information content (AvgIpc) is 3.45. The number of nitrogens with zero attached hydrogens (tertiary/aromatic N) is 2. The number of halogens is 3. The van der Waals surface area contributed by atoms with Gasteiger partial charge in [0, 0.05) is 31.8 Å². The quantitative estimate of drug-likeness (QED) is 0.280. The molecule has 2 N–H and O–H groups in total. The fourth-order valence-corrected chi connectivity index (χ4v) is 3.55. The van der Waals surface area contributed by atoms with Crippen LogP contribution in [0.4, 0.5) is 8.78 Å². The number of aliphatic imine (C=N–C) groups is 1. The third-order valence-corrected chi connectivity index (χ3v) is 5.08. The van der Waals surface area contributed by atoms with Crippen molar-refractivity contribution in [1.82, 2.24) is 15.5 Å². The molecule has 1 unspecified atom stereocenters. The second kappa shape index (κ2) is 12.7. The molecule has 0 bridgehead atoms. The summed E-state index contributed by atoms with van der Waals surface area (Å²) in [4.78, 5) is 6.63. The Morgan fingerprint density at radius 1 is 1.23 bits per heavy atom. The molecule has 0 amide bonds. The van der Waals surface area contributed by atoms with Crippen molar-refractivity contribution in [3.05, 3.63) is 47.9 Å². The van der Waals surface area contributed by atoms with E-state index in [0.717, 1.165) is 18.8 Å². The standard InChI is InChI=1S/C21H28F2N4O3.HI/c1-24-21(25-13-15-7-8-16(28-2)12-19(15)30-20(22)23)26-14-17(18-6-5-11-29-18)27-9-3-4-10-27;/h5-8,11-12,17,20H,3-4,9-10,13-14H2,1-2H3,(H2,24,25,26);1H. The second-order valence-corrected chi connectivity index (χ2v) is 6.93. The number of rotatable bonds is 9. The van der Waals surface area contributed by atoms with E-state index in [1.807, 2.05) is 12.1 Å². The third-order valence-electron chi connectivity index (χ3n) is 5.08. The van der Waals surface area contributed by atoms with Crippen molar-refractivity contribution >= 4 is 29.9 Å². The molecule has 10 heteroatoms. The molecule has 7 nitrogen and oxygen atoms in total. The van der Waals surface area contributed by atoms with Crippen LogP contribution in [0.2, 0.25) is 0 Å². The Balaban J connectivity index is 0.00000341. The van der Waals surface area contributed by atoms with Crippen LogP contribution in [0, 0.1) is 0 Å². The van der Waals surface area contributed by atoms with Gasteiger partial charge in [0.25, 0.3) is 0 Å². The van der Waals surface area contributed by atoms with Crippen LogP contribution in [0.25, 0.3) is 0 Å². The van der Waals surface area contributed by atoms with Crippen LogP contribution in [-0.4, -0.2) is 51.3 Å². The Labute approximate surface area is 198 Å². The van der Waals surface area contributed by atoms with Crippen molar-refractivity contribution in [3.8, 4) is 11.5 Å². The second-order valence-electron chi connectivity index (χ2n) is 6.93. The molecule has 31 heavy (non-hydrogen) atoms. The van der Waals surface area contributed by atoms with Crippen LogP contribution >= 0.6 is 24.0 Å². The van der Waals surface area contributed by atoms with Crippen LogP contribution in [0.15, 0.2) is 46.0 Å². The van der Waals surface area contributed by atoms with Crippen LogP contribution in [0.5, 0.6) is 11.5 Å². The molecule has 2 aromatic rings. The molecule has 0 spiro atoms. The first kappa shape index (κ1) is 25.2. The van der Waals surface area contributed by atoms with Crippen molar-refractivity contribution < 1.29 is 22.7 Å². The lowest BCUT2D eigenvalue weighted by Crippen LogP contribution is -2.42. The summed E-state index contributed by atoms with van der Waals surface area (Å²) >= 11 is 0. The van der Waals surface area contributed by atoms with E-state index in [0.29, 0.717) is 23.8 Å². The molecule has 1 saturated heterocycles. The Hall–Kier alpha value is -2.08. The monoisotopic (exact) mass is 550 g/mol. The topological polar surface area (TPSA) is 71.3 Å². The van der Waals surface area contributed by atoms with Gasteiger partial charge in [0.2, 0.25) is 0 Å². The first-order valence-electron chi connectivity index (χ1n) is 9.94. The highest BCUT2D eigenvalue weighted by Crippen LogP contribution is 2.27. The van der Waals surface area contributed by atoms with E-state index in [-0.39, 0.29) is 42.3 Å². The van der Waals surface area contributed by atoms with E-state index in [9.17, 15) is 8.78 Å². The van der Waals surface area contributed by atoms with Crippen LogP contribution in [0.1, 0.15) is 30.2 Å². The highest BCUT2D eigenvalue weighted by molar-refractivity contribution is 14.0. The minimum absolute atomic E-state index is 0. The first-order valence-corrected chi connectivity index (χ1v) is 9.94. The number of likely N-dealkylation sites (tertiary alicyclic amines) is 1. The lowest BCUT2D eigenvalue weighted by atomic mass is 10.2. The van der Waals surface area contributed by atoms with E-state index >= 15 is 0 Å². The molecule has 0 saturated carbocycles. The summed E-state index contributed by atoms with van der Waals surface area (Å²) in [7, 11) is 3.14. The van der Waals surface area contributed by atoms with Crippen molar-refractivity contribution in [2.75, 3.05) is 33.8 Å². The van der Waals surface area contributed by atoms with Crippen molar-refractivity contribution in [2.24, 2.45) is 4.99 Å². The first-order chi connectivity index (χ1) is 14.6. The van der Waals surface area contributed by atoms with E-state index in [4.69, 9.17) is 9.15 Å². The zero-order valence-electron chi connectivity index (χ0n) is 17.6. The number of ether oxygens (including phenoxy) is 2. The number of furan rings is 1. The molecule has 1 fully saturated rings. The molecule has 2 heterocycles. The van der Waals surface area contributed by atoms with Gasteiger partial charge in [-0.3, -0.25) is 9.89 Å². The summed E-state index contributed by atoms with van der Waals surface area (Å²) in [6.07, 6.45) is 4.03. The molecule has 172 valence electrons. The minimum Gasteiger partial charge on any atom is -0.497 e. The summed E-state index contributed by atoms with van der Waals surface area (Å²) in [6.45, 7) is 0.0121. The average molecular weight is 550 g/mol. The van der Waals surface area contributed by atoms with Crippen LogP contribution in [0.3, 0.4) is 0 Å². The van der Waals surface area contributed by atoms with Gasteiger partial charge in [-0.2, -0.15) is 8.78 Å². The lowest BCUT2D eigenvalue weighted by molar-refractivity contribution is -0.0505. The molecule has 1 aliphatic heterocycles. The van der Waals surface area contributed by atoms with E-state index in [1.54, 1.807) is 25.4 Å². The van der Waals surface area contributed by atoms with E-state index in [1.165, 1.54) is 26.0 Å². The minimum atomic E-state index is -2.91. The van der Waals surface area contributed by atoms with Crippen molar-refractivity contribution in [1.29, 1.82) is 0 Å². The maximum Gasteiger partial charge on any atom is 0.387 e. The summed E-state index contributed by atoms with van der Waals surface area (Å²) in [5, 5.41) is 6.46. The summed E-state index contributed by atoms with van der Waals surface area (Å²) in [6, 6.07) is 8.80. The molecule has 0 aliphatic carbocycles. The number of hydrogen-bond donors (Lipinski definition) is 2. The van der Waals surface area contributed by atoms with E-state index in [2.05, 4.69) is 25.3 Å². The fourth-order valence-electron chi connectivity index (χ4n) is 3.55. The van der Waals surface area contributed by atoms with Crippen molar-refractivity contribution in [2.45, 2.75) is 32.0 Å². The number of guanidine groups is 1. The number of methoxy groups -OCH3 is 1. The van der Waals surface area contributed by atoms with Crippen LogP contribution in [-0.2, 0) is 6.54 Å². The van der Waals surface area contributed by atoms with Gasteiger partial charge in [-0.05, 0) is 50.2 Å². The molecule has 1 aromatic heterocycles. The van der Waals surface area contributed by atoms with E-state index < -0.39 is 6.61 Å². The highest BCUT2D eigenvalue weighted by Gasteiger charge is 2.25. The zero-order valence-corrected chi connectivity index (χ0v) is 20.0. The summed E-state index contributed by atoms with van der Waals surface area (Å²) in [5.41, 5.74) is 0.571. The number of nitrogens with one attached hydrogen (secondary N) is 2. The molecule has 1 aliphatic rings. The Bertz CT molecular complexity index is 815. The molecule has 1 aromatic carbocycles. The normalized spacial score (nSPS) is 15.5. The lowest BCUT2D eigenvalue weighted by Gasteiger charge is -2.26. The van der Waals surface area contributed by atoms with Gasteiger partial charge in [0.1, 0.15) is 17.3 Å². The smallest absolute Gasteiger partial charge is 0.387 e. The Morgan fingerprint density at radius 2 is 2.00 bits per heavy atom. The zero-order chi connectivity index (χ0) is 21.3. The molecule has 1 atom stereocenters. The molecular weight excluding hydrogens is 521 g/mol. The SMILES string of the molecule is CN=C(NCc1ccc(OC)cc1OC(F)F)NCC(c1ccco1)N1CCCC1.I. The Kier molecular flexibility index (Phi) is 10.3. The van der Waals surface area contributed by atoms with Gasteiger partial charge < -0.3 is 24.5 Å². The predicted octanol–water partition coefficient (Wildman–Crippen LogP) is 4.01. The van der Waals surface area contributed by atoms with Gasteiger partial charge in [-0.15, -0.1) is 24.0 Å². The summed E-state index contributed by atoms with van der Waals surface area (Å²) in [5.74, 6) is 1.98. The highest BCUT2D eigenvalue weighted by atomic mass is 127. The number of benzene rings is 1. The van der Waals surface area contributed by atoms with Gasteiger partial charge in [0.15, 0.2) is 5.96 Å². The molecule has 3 rings (SSSR count).